The predicted molar refractivity (Wildman–Crippen MR) is 25.4 cm³/mol. The van der Waals surface area contributed by atoms with Gasteiger partial charge in [0.1, 0.15) is 6.67 Å². The van der Waals surface area contributed by atoms with Crippen LogP contribution in [0.3, 0.4) is 0 Å². The zero-order chi connectivity index (χ0) is 4.83. The molecule has 0 aromatic carbocycles. The molecule has 0 rings (SSSR count). The lowest BCUT2D eigenvalue weighted by Crippen LogP contribution is -1.58. The molecule has 0 aliphatic rings. The first-order valence-corrected chi connectivity index (χ1v) is 2.12. The maximum atomic E-state index is 11.1. The van der Waals surface area contributed by atoms with Crippen molar-refractivity contribution in [1.29, 1.82) is 0 Å². The highest BCUT2D eigenvalue weighted by atomic mass is 19.1. The molecule has 0 aromatic heterocycles. The van der Waals surface area contributed by atoms with Crippen molar-refractivity contribution in [1.82, 2.24) is 0 Å². The second-order valence-corrected chi connectivity index (χ2v) is 1.03. The van der Waals surface area contributed by atoms with Crippen molar-refractivity contribution in [3.63, 3.8) is 0 Å². The van der Waals surface area contributed by atoms with E-state index in [1.807, 2.05) is 6.92 Å². The van der Waals surface area contributed by atoms with Crippen LogP contribution in [0.4, 0.5) is 4.39 Å². The van der Waals surface area contributed by atoms with E-state index in [0.717, 1.165) is 6.42 Å². The SMILES string of the molecule is CC/C=C\CF. The Morgan fingerprint density at radius 3 is 2.33 bits per heavy atom. The van der Waals surface area contributed by atoms with Crippen molar-refractivity contribution in [2.75, 3.05) is 6.67 Å². The Kier molecular flexibility index (Phi) is 4.41. The molecule has 0 nitrogen and oxygen atoms in total. The van der Waals surface area contributed by atoms with Crippen LogP contribution in [0, 0.1) is 0 Å². The highest BCUT2D eigenvalue weighted by molar-refractivity contribution is 4.78. The van der Waals surface area contributed by atoms with Crippen LogP contribution in [-0.2, 0) is 0 Å². The summed E-state index contributed by atoms with van der Waals surface area (Å²) in [6.07, 6.45) is 4.25. The molecule has 36 valence electrons. The molecule has 0 fully saturated rings. The van der Waals surface area contributed by atoms with E-state index in [-0.39, 0.29) is 6.67 Å². The zero-order valence-electron chi connectivity index (χ0n) is 3.95. The summed E-state index contributed by atoms with van der Waals surface area (Å²) in [4.78, 5) is 0. The molecular weight excluding hydrogens is 79.1 g/mol. The molecule has 0 bridgehead atoms. The van der Waals surface area contributed by atoms with Gasteiger partial charge in [0.15, 0.2) is 0 Å². The molecule has 0 amide bonds. The van der Waals surface area contributed by atoms with E-state index < -0.39 is 0 Å². The van der Waals surface area contributed by atoms with Crippen molar-refractivity contribution < 1.29 is 4.39 Å². The van der Waals surface area contributed by atoms with Gasteiger partial charge in [-0.3, -0.25) is 0 Å². The third-order valence-electron chi connectivity index (χ3n) is 0.491. The van der Waals surface area contributed by atoms with E-state index in [0.29, 0.717) is 0 Å². The van der Waals surface area contributed by atoms with Crippen molar-refractivity contribution >= 4 is 0 Å². The standard InChI is InChI=1S/C5H9F/c1-2-3-4-5-6/h3-4H,2,5H2,1H3/b4-3-. The lowest BCUT2D eigenvalue weighted by molar-refractivity contribution is 0.561. The number of allylic oxidation sites excluding steroid dienone is 2. The number of alkyl halides is 1. The molecular formula is C5H9F. The summed E-state index contributed by atoms with van der Waals surface area (Å²) in [5.41, 5.74) is 0. The summed E-state index contributed by atoms with van der Waals surface area (Å²) in [5.74, 6) is 0. The van der Waals surface area contributed by atoms with E-state index in [2.05, 4.69) is 0 Å². The molecule has 0 saturated carbocycles. The predicted octanol–water partition coefficient (Wildman–Crippen LogP) is 1.92. The minimum atomic E-state index is -0.326. The first-order valence-electron chi connectivity index (χ1n) is 2.12. The third kappa shape index (κ3) is 3.67. The van der Waals surface area contributed by atoms with Gasteiger partial charge >= 0.3 is 0 Å². The molecule has 0 aliphatic carbocycles. The Hall–Kier alpha value is -0.330. The monoisotopic (exact) mass is 88.1 g/mol. The maximum Gasteiger partial charge on any atom is 0.108 e. The third-order valence-corrected chi connectivity index (χ3v) is 0.491. The lowest BCUT2D eigenvalue weighted by Gasteiger charge is -1.70. The normalized spacial score (nSPS) is 10.3. The summed E-state index contributed by atoms with van der Waals surface area (Å²) in [7, 11) is 0. The second-order valence-electron chi connectivity index (χ2n) is 1.03. The highest BCUT2D eigenvalue weighted by Gasteiger charge is 1.62. The Balaban J connectivity index is 2.73. The van der Waals surface area contributed by atoms with Crippen LogP contribution in [0.5, 0.6) is 0 Å². The number of rotatable bonds is 2. The van der Waals surface area contributed by atoms with Crippen molar-refractivity contribution in [3.05, 3.63) is 12.2 Å². The van der Waals surface area contributed by atoms with E-state index >= 15 is 0 Å². The molecule has 6 heavy (non-hydrogen) atoms. The molecule has 0 radical (unpaired) electrons. The maximum absolute atomic E-state index is 11.1. The largest absolute Gasteiger partial charge is 0.247 e. The van der Waals surface area contributed by atoms with Gasteiger partial charge in [-0.1, -0.05) is 19.1 Å². The van der Waals surface area contributed by atoms with Crippen molar-refractivity contribution in [2.24, 2.45) is 0 Å². The molecule has 0 aromatic rings. The summed E-state index contributed by atoms with van der Waals surface area (Å²) < 4.78 is 11.1. The Bertz CT molecular complexity index is 33.2. The van der Waals surface area contributed by atoms with Crippen LogP contribution >= 0.6 is 0 Å². The average Bonchev–Trinajstić information content (AvgIpc) is 1.61. The highest BCUT2D eigenvalue weighted by Crippen LogP contribution is 1.77. The van der Waals surface area contributed by atoms with E-state index in [9.17, 15) is 4.39 Å². The Morgan fingerprint density at radius 2 is 2.17 bits per heavy atom. The summed E-state index contributed by atoms with van der Waals surface area (Å²) in [6.45, 7) is 1.65. The fraction of sp³-hybridized carbons (Fsp3) is 0.600. The first-order chi connectivity index (χ1) is 2.91. The van der Waals surface area contributed by atoms with Crippen LogP contribution in [0.25, 0.3) is 0 Å². The van der Waals surface area contributed by atoms with Crippen molar-refractivity contribution in [2.45, 2.75) is 13.3 Å². The minimum absolute atomic E-state index is 0.326. The topological polar surface area (TPSA) is 0 Å². The number of hydrogen-bond acceptors (Lipinski definition) is 0. The Labute approximate surface area is 37.7 Å². The quantitative estimate of drug-likeness (QED) is 0.452. The molecule has 0 N–H and O–H groups in total. The molecule has 0 saturated heterocycles. The molecule has 0 unspecified atom stereocenters. The Morgan fingerprint density at radius 1 is 1.50 bits per heavy atom. The summed E-state index contributed by atoms with van der Waals surface area (Å²) >= 11 is 0. The van der Waals surface area contributed by atoms with Gasteiger partial charge in [0.05, 0.1) is 0 Å². The van der Waals surface area contributed by atoms with Gasteiger partial charge in [-0.15, -0.1) is 0 Å². The summed E-state index contributed by atoms with van der Waals surface area (Å²) in [5, 5.41) is 0. The van der Waals surface area contributed by atoms with Gasteiger partial charge < -0.3 is 0 Å². The van der Waals surface area contributed by atoms with Gasteiger partial charge in [-0.2, -0.15) is 0 Å². The fourth-order valence-electron chi connectivity index (χ4n) is 0.230. The van der Waals surface area contributed by atoms with Gasteiger partial charge in [0.2, 0.25) is 0 Å². The van der Waals surface area contributed by atoms with E-state index in [1.54, 1.807) is 6.08 Å². The van der Waals surface area contributed by atoms with Crippen LogP contribution in [0.15, 0.2) is 12.2 Å². The van der Waals surface area contributed by atoms with Crippen LogP contribution < -0.4 is 0 Å². The molecule has 0 heterocycles. The second kappa shape index (κ2) is 4.67. The molecule has 0 spiro atoms. The summed E-state index contributed by atoms with van der Waals surface area (Å²) in [6, 6.07) is 0. The number of hydrogen-bond donors (Lipinski definition) is 0. The van der Waals surface area contributed by atoms with Gasteiger partial charge in [-0.05, 0) is 6.42 Å². The molecule has 1 heteroatoms. The van der Waals surface area contributed by atoms with E-state index in [4.69, 9.17) is 0 Å². The fourth-order valence-corrected chi connectivity index (χ4v) is 0.230. The minimum Gasteiger partial charge on any atom is -0.247 e. The van der Waals surface area contributed by atoms with Crippen molar-refractivity contribution in [3.8, 4) is 0 Å². The smallest absolute Gasteiger partial charge is 0.108 e. The van der Waals surface area contributed by atoms with Crippen LogP contribution in [-0.4, -0.2) is 6.67 Å². The first kappa shape index (κ1) is 5.67. The number of halogens is 1. The van der Waals surface area contributed by atoms with Crippen LogP contribution in [0.2, 0.25) is 0 Å². The molecule has 0 aliphatic heterocycles. The van der Waals surface area contributed by atoms with E-state index in [1.165, 1.54) is 6.08 Å². The lowest BCUT2D eigenvalue weighted by atomic mass is 10.4. The van der Waals surface area contributed by atoms with Crippen LogP contribution in [0.1, 0.15) is 13.3 Å². The molecule has 0 atom stereocenters. The van der Waals surface area contributed by atoms with Gasteiger partial charge in [-0.25, -0.2) is 4.39 Å². The van der Waals surface area contributed by atoms with Gasteiger partial charge in [0.25, 0.3) is 0 Å². The zero-order valence-corrected chi connectivity index (χ0v) is 3.95. The van der Waals surface area contributed by atoms with Gasteiger partial charge in [0, 0.05) is 0 Å². The average molecular weight is 88.1 g/mol.